The molecule has 2 aliphatic rings. The van der Waals surface area contributed by atoms with E-state index in [9.17, 15) is 9.18 Å². The van der Waals surface area contributed by atoms with E-state index < -0.39 is 5.82 Å². The standard InChI is InChI=1S/C17H22FNO3/c1-19-7-6-17(5-4-12(20)10-15(17)19)11-8-13(18)16(22-3)14(9-11)21-2/h8-9,15H,4-7,10H2,1-3H3. The molecule has 5 heteroatoms. The van der Waals surface area contributed by atoms with E-state index in [-0.39, 0.29) is 17.2 Å². The number of halogens is 1. The molecule has 1 aromatic carbocycles. The molecule has 22 heavy (non-hydrogen) atoms. The number of methoxy groups -OCH3 is 2. The van der Waals surface area contributed by atoms with Crippen molar-refractivity contribution in [3.8, 4) is 11.5 Å². The molecule has 3 rings (SSSR count). The third-order valence-corrected chi connectivity index (χ3v) is 5.36. The van der Waals surface area contributed by atoms with Crippen LogP contribution < -0.4 is 9.47 Å². The number of likely N-dealkylation sites (tertiary alicyclic amines) is 1. The van der Waals surface area contributed by atoms with Crippen LogP contribution in [-0.2, 0) is 10.2 Å². The molecular formula is C17H22FNO3. The van der Waals surface area contributed by atoms with E-state index in [2.05, 4.69) is 4.90 Å². The number of carbonyl (C=O) groups is 1. The highest BCUT2D eigenvalue weighted by Crippen LogP contribution is 2.49. The first kappa shape index (κ1) is 15.3. The van der Waals surface area contributed by atoms with Crippen LogP contribution in [0, 0.1) is 5.82 Å². The van der Waals surface area contributed by atoms with Gasteiger partial charge in [0.15, 0.2) is 17.3 Å². The highest BCUT2D eigenvalue weighted by atomic mass is 19.1. The average molecular weight is 307 g/mol. The van der Waals surface area contributed by atoms with Crippen LogP contribution in [0.4, 0.5) is 4.39 Å². The number of ether oxygens (including phenoxy) is 2. The van der Waals surface area contributed by atoms with Crippen molar-refractivity contribution in [3.05, 3.63) is 23.5 Å². The lowest BCUT2D eigenvalue weighted by atomic mass is 9.66. The second-order valence-corrected chi connectivity index (χ2v) is 6.34. The van der Waals surface area contributed by atoms with E-state index in [0.29, 0.717) is 24.4 Å². The molecule has 1 aliphatic heterocycles. The highest BCUT2D eigenvalue weighted by molar-refractivity contribution is 5.81. The number of benzene rings is 1. The molecule has 1 saturated carbocycles. The Kier molecular flexibility index (Phi) is 3.85. The Morgan fingerprint density at radius 2 is 2.05 bits per heavy atom. The monoisotopic (exact) mass is 307 g/mol. The van der Waals surface area contributed by atoms with Crippen molar-refractivity contribution in [2.75, 3.05) is 27.8 Å². The Balaban J connectivity index is 2.09. The van der Waals surface area contributed by atoms with Crippen LogP contribution in [0.25, 0.3) is 0 Å². The first-order valence-corrected chi connectivity index (χ1v) is 7.66. The van der Waals surface area contributed by atoms with Crippen LogP contribution >= 0.6 is 0 Å². The summed E-state index contributed by atoms with van der Waals surface area (Å²) < 4.78 is 24.8. The van der Waals surface area contributed by atoms with E-state index in [1.165, 1.54) is 14.2 Å². The molecule has 0 radical (unpaired) electrons. The van der Waals surface area contributed by atoms with Crippen LogP contribution in [0.1, 0.15) is 31.2 Å². The predicted octanol–water partition coefficient (Wildman–Crippen LogP) is 2.54. The van der Waals surface area contributed by atoms with E-state index in [4.69, 9.17) is 9.47 Å². The van der Waals surface area contributed by atoms with Gasteiger partial charge in [-0.2, -0.15) is 0 Å². The summed E-state index contributed by atoms with van der Waals surface area (Å²) in [7, 11) is 4.99. The van der Waals surface area contributed by atoms with Crippen molar-refractivity contribution in [1.29, 1.82) is 0 Å². The Morgan fingerprint density at radius 1 is 1.27 bits per heavy atom. The summed E-state index contributed by atoms with van der Waals surface area (Å²) in [6.07, 6.45) is 2.83. The first-order valence-electron chi connectivity index (χ1n) is 7.66. The molecule has 0 bridgehead atoms. The van der Waals surface area contributed by atoms with Crippen LogP contribution in [0.3, 0.4) is 0 Å². The fourth-order valence-corrected chi connectivity index (χ4v) is 4.13. The number of ketones is 1. The Bertz CT molecular complexity index is 604. The van der Waals surface area contributed by atoms with E-state index in [1.54, 1.807) is 6.07 Å². The largest absolute Gasteiger partial charge is 0.493 e. The molecule has 1 heterocycles. The molecule has 0 spiro atoms. The topological polar surface area (TPSA) is 38.8 Å². The Hall–Kier alpha value is -1.62. The molecule has 2 fully saturated rings. The van der Waals surface area contributed by atoms with Crippen molar-refractivity contribution >= 4 is 5.78 Å². The van der Waals surface area contributed by atoms with Gasteiger partial charge in [-0.05, 0) is 44.1 Å². The molecule has 0 amide bonds. The predicted molar refractivity (Wildman–Crippen MR) is 81.1 cm³/mol. The molecule has 4 nitrogen and oxygen atoms in total. The average Bonchev–Trinajstić information content (AvgIpc) is 2.84. The maximum atomic E-state index is 14.4. The number of carbonyl (C=O) groups excluding carboxylic acids is 1. The lowest BCUT2D eigenvalue weighted by Crippen LogP contribution is -2.46. The van der Waals surface area contributed by atoms with Gasteiger partial charge in [-0.15, -0.1) is 0 Å². The SMILES string of the molecule is COc1cc(C23CCC(=O)CC2N(C)CC3)cc(F)c1OC. The number of hydrogen-bond donors (Lipinski definition) is 0. The fourth-order valence-electron chi connectivity index (χ4n) is 4.13. The number of likely N-dealkylation sites (N-methyl/N-ethyl adjacent to an activating group) is 1. The minimum absolute atomic E-state index is 0.137. The van der Waals surface area contributed by atoms with Gasteiger partial charge in [0, 0.05) is 24.3 Å². The summed E-state index contributed by atoms with van der Waals surface area (Å²) in [5, 5.41) is 0. The second-order valence-electron chi connectivity index (χ2n) is 6.34. The zero-order valence-electron chi connectivity index (χ0n) is 13.3. The van der Waals surface area contributed by atoms with Crippen LogP contribution in [0.5, 0.6) is 11.5 Å². The smallest absolute Gasteiger partial charge is 0.196 e. The van der Waals surface area contributed by atoms with Gasteiger partial charge in [0.05, 0.1) is 14.2 Å². The van der Waals surface area contributed by atoms with Crippen molar-refractivity contribution in [2.45, 2.75) is 37.1 Å². The van der Waals surface area contributed by atoms with Crippen LogP contribution in [0.2, 0.25) is 0 Å². The molecule has 2 unspecified atom stereocenters. The van der Waals surface area contributed by atoms with Gasteiger partial charge in [0.25, 0.3) is 0 Å². The molecule has 1 aliphatic carbocycles. The summed E-state index contributed by atoms with van der Waals surface area (Å²) in [4.78, 5) is 14.1. The Morgan fingerprint density at radius 3 is 2.73 bits per heavy atom. The number of rotatable bonds is 3. The van der Waals surface area contributed by atoms with Gasteiger partial charge in [-0.3, -0.25) is 4.79 Å². The molecule has 0 N–H and O–H groups in total. The second kappa shape index (κ2) is 5.54. The molecule has 1 aromatic rings. The third-order valence-electron chi connectivity index (χ3n) is 5.36. The lowest BCUT2D eigenvalue weighted by molar-refractivity contribution is -0.122. The normalized spacial score (nSPS) is 28.5. The minimum atomic E-state index is -0.406. The quantitative estimate of drug-likeness (QED) is 0.860. The van der Waals surface area contributed by atoms with Crippen molar-refractivity contribution in [2.24, 2.45) is 0 Å². The number of hydrogen-bond acceptors (Lipinski definition) is 4. The van der Waals surface area contributed by atoms with Gasteiger partial charge < -0.3 is 14.4 Å². The maximum Gasteiger partial charge on any atom is 0.196 e. The zero-order valence-corrected chi connectivity index (χ0v) is 13.3. The molecule has 1 saturated heterocycles. The molecule has 120 valence electrons. The molecular weight excluding hydrogens is 285 g/mol. The van der Waals surface area contributed by atoms with Gasteiger partial charge in [-0.25, -0.2) is 4.39 Å². The van der Waals surface area contributed by atoms with E-state index >= 15 is 0 Å². The summed E-state index contributed by atoms with van der Waals surface area (Å²) >= 11 is 0. The van der Waals surface area contributed by atoms with Crippen molar-refractivity contribution < 1.29 is 18.7 Å². The fraction of sp³-hybridized carbons (Fsp3) is 0.588. The summed E-state index contributed by atoms with van der Waals surface area (Å²) in [6, 6.07) is 3.58. The van der Waals surface area contributed by atoms with Gasteiger partial charge >= 0.3 is 0 Å². The molecule has 0 aromatic heterocycles. The van der Waals surface area contributed by atoms with E-state index in [0.717, 1.165) is 24.9 Å². The minimum Gasteiger partial charge on any atom is -0.493 e. The maximum absolute atomic E-state index is 14.4. The van der Waals surface area contributed by atoms with Crippen molar-refractivity contribution in [3.63, 3.8) is 0 Å². The van der Waals surface area contributed by atoms with Gasteiger partial charge in [0.1, 0.15) is 5.78 Å². The number of Topliss-reactive ketones (excluding diaryl/α,β-unsaturated/α-hetero) is 1. The van der Waals surface area contributed by atoms with Crippen LogP contribution in [0.15, 0.2) is 12.1 Å². The summed E-state index contributed by atoms with van der Waals surface area (Å²) in [5.74, 6) is 0.446. The zero-order chi connectivity index (χ0) is 15.9. The lowest BCUT2D eigenvalue weighted by Gasteiger charge is -2.41. The Labute approximate surface area is 130 Å². The summed E-state index contributed by atoms with van der Waals surface area (Å²) in [5.41, 5.74) is 0.757. The van der Waals surface area contributed by atoms with E-state index in [1.807, 2.05) is 13.1 Å². The number of nitrogens with zero attached hydrogens (tertiary/aromatic N) is 1. The summed E-state index contributed by atoms with van der Waals surface area (Å²) in [6.45, 7) is 0.925. The van der Waals surface area contributed by atoms with Gasteiger partial charge in [-0.1, -0.05) is 0 Å². The first-order chi connectivity index (χ1) is 10.5. The third kappa shape index (κ3) is 2.19. The van der Waals surface area contributed by atoms with Crippen LogP contribution in [-0.4, -0.2) is 44.5 Å². The number of fused-ring (bicyclic) bond motifs is 1. The molecule has 2 atom stereocenters. The van der Waals surface area contributed by atoms with Gasteiger partial charge in [0.2, 0.25) is 0 Å². The van der Waals surface area contributed by atoms with Crippen molar-refractivity contribution in [1.82, 2.24) is 4.90 Å². The highest BCUT2D eigenvalue weighted by Gasteiger charge is 2.50.